The van der Waals surface area contributed by atoms with E-state index in [1.165, 1.54) is 33.3 Å². The van der Waals surface area contributed by atoms with Crippen molar-refractivity contribution in [3.63, 3.8) is 0 Å². The maximum Gasteiger partial charge on any atom is 0.101 e. The molecule has 0 N–H and O–H groups in total. The van der Waals surface area contributed by atoms with Crippen LogP contribution in [0.3, 0.4) is 0 Å². The van der Waals surface area contributed by atoms with Crippen LogP contribution in [-0.2, 0) is 23.2 Å². The molecule has 0 fully saturated rings. The van der Waals surface area contributed by atoms with Crippen molar-refractivity contribution in [2.45, 2.75) is 57.9 Å². The van der Waals surface area contributed by atoms with Crippen LogP contribution in [0.25, 0.3) is 10.9 Å². The van der Waals surface area contributed by atoms with Crippen LogP contribution in [0.15, 0.2) is 42.7 Å². The molecule has 4 heteroatoms. The molecule has 0 saturated heterocycles. The lowest BCUT2D eigenvalue weighted by Gasteiger charge is -2.44. The number of rotatable bonds is 1. The quantitative estimate of drug-likeness (QED) is 0.623. The molecule has 4 heterocycles. The summed E-state index contributed by atoms with van der Waals surface area (Å²) in [5.41, 5.74) is 7.01. The first-order valence-electron chi connectivity index (χ1n) is 10.3. The van der Waals surface area contributed by atoms with E-state index < -0.39 is 0 Å². The molecule has 3 aromatic rings. The molecule has 0 radical (unpaired) electrons. The van der Waals surface area contributed by atoms with E-state index in [9.17, 15) is 0 Å². The van der Waals surface area contributed by atoms with Gasteiger partial charge in [-0.05, 0) is 62.7 Å². The standard InChI is InChI=1S/C24H29N3O/c1-16-5-6-21-19(11-16)20-13-26(4)15-24(3)12-17(2)28-22(14-27(21)23(20)24)18-7-9-25-10-8-18/h5-11,17,22H,12-15H2,1-4H3. The van der Waals surface area contributed by atoms with Gasteiger partial charge in [-0.2, -0.15) is 0 Å². The van der Waals surface area contributed by atoms with Crippen LogP contribution in [0.4, 0.5) is 0 Å². The molecule has 0 amide bonds. The first kappa shape index (κ1) is 17.9. The van der Waals surface area contributed by atoms with Crippen LogP contribution >= 0.6 is 0 Å². The second kappa shape index (κ2) is 6.43. The summed E-state index contributed by atoms with van der Waals surface area (Å²) in [5, 5.41) is 1.41. The van der Waals surface area contributed by atoms with E-state index >= 15 is 0 Å². The molecule has 146 valence electrons. The third-order valence-corrected chi connectivity index (χ3v) is 6.50. The highest BCUT2D eigenvalue weighted by Gasteiger charge is 2.42. The smallest absolute Gasteiger partial charge is 0.101 e. The Morgan fingerprint density at radius 3 is 2.75 bits per heavy atom. The maximum absolute atomic E-state index is 6.61. The van der Waals surface area contributed by atoms with Crippen LogP contribution < -0.4 is 0 Å². The van der Waals surface area contributed by atoms with Gasteiger partial charge >= 0.3 is 0 Å². The van der Waals surface area contributed by atoms with Crippen molar-refractivity contribution >= 4 is 10.9 Å². The van der Waals surface area contributed by atoms with E-state index in [0.717, 1.165) is 26.1 Å². The number of aromatic nitrogens is 2. The van der Waals surface area contributed by atoms with Crippen molar-refractivity contribution in [3.05, 3.63) is 65.1 Å². The van der Waals surface area contributed by atoms with Gasteiger partial charge in [0.1, 0.15) is 6.10 Å². The molecule has 3 unspecified atom stereocenters. The van der Waals surface area contributed by atoms with Gasteiger partial charge in [0.2, 0.25) is 0 Å². The molecule has 0 saturated carbocycles. The topological polar surface area (TPSA) is 30.3 Å². The van der Waals surface area contributed by atoms with E-state index in [4.69, 9.17) is 4.74 Å². The summed E-state index contributed by atoms with van der Waals surface area (Å²) in [6.07, 6.45) is 5.02. The van der Waals surface area contributed by atoms with Gasteiger partial charge in [0.15, 0.2) is 0 Å². The van der Waals surface area contributed by atoms with Crippen LogP contribution in [-0.4, -0.2) is 34.1 Å². The minimum absolute atomic E-state index is 0.0446. The number of hydrogen-bond acceptors (Lipinski definition) is 3. The van der Waals surface area contributed by atoms with E-state index in [-0.39, 0.29) is 17.6 Å². The Kier molecular flexibility index (Phi) is 4.11. The molecular formula is C24H29N3O. The zero-order valence-electron chi connectivity index (χ0n) is 17.3. The number of aryl methyl sites for hydroxylation is 1. The number of ether oxygens (including phenoxy) is 1. The van der Waals surface area contributed by atoms with Crippen molar-refractivity contribution in [1.29, 1.82) is 0 Å². The fourth-order valence-electron chi connectivity index (χ4n) is 5.67. The van der Waals surface area contributed by atoms with Gasteiger partial charge in [-0.1, -0.05) is 18.6 Å². The number of likely N-dealkylation sites (N-methyl/N-ethyl adjacent to an activating group) is 1. The molecule has 5 rings (SSSR count). The monoisotopic (exact) mass is 375 g/mol. The van der Waals surface area contributed by atoms with Crippen molar-refractivity contribution in [2.24, 2.45) is 0 Å². The molecule has 2 aromatic heterocycles. The van der Waals surface area contributed by atoms with Gasteiger partial charge in [0, 0.05) is 47.5 Å². The van der Waals surface area contributed by atoms with Crippen LogP contribution in [0.1, 0.15) is 48.8 Å². The molecule has 4 nitrogen and oxygen atoms in total. The molecule has 0 spiro atoms. The summed E-state index contributed by atoms with van der Waals surface area (Å²) in [6.45, 7) is 9.79. The zero-order valence-corrected chi connectivity index (χ0v) is 17.3. The molecular weight excluding hydrogens is 346 g/mol. The van der Waals surface area contributed by atoms with Gasteiger partial charge in [0.05, 0.1) is 12.6 Å². The van der Waals surface area contributed by atoms with Gasteiger partial charge in [-0.25, -0.2) is 0 Å². The number of pyridine rings is 1. The van der Waals surface area contributed by atoms with Gasteiger partial charge in [0.25, 0.3) is 0 Å². The van der Waals surface area contributed by atoms with Gasteiger partial charge in [-0.15, -0.1) is 0 Å². The minimum Gasteiger partial charge on any atom is -0.369 e. The Balaban J connectivity index is 1.75. The molecule has 3 atom stereocenters. The number of fused-ring (bicyclic) bond motifs is 3. The second-order valence-corrected chi connectivity index (χ2v) is 9.11. The Morgan fingerprint density at radius 2 is 1.96 bits per heavy atom. The summed E-state index contributed by atoms with van der Waals surface area (Å²) in [4.78, 5) is 6.67. The number of nitrogens with zero attached hydrogens (tertiary/aromatic N) is 3. The van der Waals surface area contributed by atoms with Crippen molar-refractivity contribution < 1.29 is 4.74 Å². The minimum atomic E-state index is 0.0446. The first-order valence-corrected chi connectivity index (χ1v) is 10.3. The fourth-order valence-corrected chi connectivity index (χ4v) is 5.67. The Labute approximate surface area is 167 Å². The Bertz CT molecular complexity index is 1030. The lowest BCUT2D eigenvalue weighted by Crippen LogP contribution is -2.46. The third-order valence-electron chi connectivity index (χ3n) is 6.50. The summed E-state index contributed by atoms with van der Waals surface area (Å²) >= 11 is 0. The van der Waals surface area contributed by atoms with E-state index in [1.54, 1.807) is 0 Å². The average molecular weight is 376 g/mol. The molecule has 0 bridgehead atoms. The first-order chi connectivity index (χ1) is 13.4. The van der Waals surface area contributed by atoms with E-state index in [0.29, 0.717) is 0 Å². The van der Waals surface area contributed by atoms with Crippen LogP contribution in [0, 0.1) is 6.92 Å². The molecule has 0 aliphatic carbocycles. The largest absolute Gasteiger partial charge is 0.369 e. The highest BCUT2D eigenvalue weighted by molar-refractivity contribution is 5.87. The molecule has 1 aromatic carbocycles. The van der Waals surface area contributed by atoms with Crippen molar-refractivity contribution in [3.8, 4) is 0 Å². The van der Waals surface area contributed by atoms with E-state index in [1.807, 2.05) is 12.4 Å². The van der Waals surface area contributed by atoms with E-state index in [2.05, 4.69) is 72.6 Å². The predicted octanol–water partition coefficient (Wildman–Crippen LogP) is 4.60. The van der Waals surface area contributed by atoms with Crippen molar-refractivity contribution in [2.75, 3.05) is 13.6 Å². The number of benzene rings is 1. The maximum atomic E-state index is 6.61. The SMILES string of the molecule is Cc1ccc2c(c1)c1c3n2CC(c2ccncc2)OC(C)CC3(C)CN(C)C1. The number of hydrogen-bond donors (Lipinski definition) is 0. The third kappa shape index (κ3) is 2.78. The Hall–Kier alpha value is -2.17. The Morgan fingerprint density at radius 1 is 1.18 bits per heavy atom. The lowest BCUT2D eigenvalue weighted by molar-refractivity contribution is -0.0393. The fraction of sp³-hybridized carbons (Fsp3) is 0.458. The van der Waals surface area contributed by atoms with Gasteiger partial charge < -0.3 is 14.2 Å². The normalized spacial score (nSPS) is 28.0. The summed E-state index contributed by atoms with van der Waals surface area (Å²) in [6, 6.07) is 11.1. The molecule has 2 aliphatic rings. The second-order valence-electron chi connectivity index (χ2n) is 9.11. The summed E-state index contributed by atoms with van der Waals surface area (Å²) < 4.78 is 9.17. The van der Waals surface area contributed by atoms with Crippen LogP contribution in [0.2, 0.25) is 0 Å². The lowest BCUT2D eigenvalue weighted by atomic mass is 9.76. The highest BCUT2D eigenvalue weighted by atomic mass is 16.5. The predicted molar refractivity (Wildman–Crippen MR) is 113 cm³/mol. The summed E-state index contributed by atoms with van der Waals surface area (Å²) in [5.74, 6) is 0. The molecule has 28 heavy (non-hydrogen) atoms. The van der Waals surface area contributed by atoms with Crippen LogP contribution in [0.5, 0.6) is 0 Å². The van der Waals surface area contributed by atoms with Gasteiger partial charge in [-0.3, -0.25) is 4.98 Å². The highest BCUT2D eigenvalue weighted by Crippen LogP contribution is 2.45. The van der Waals surface area contributed by atoms with Crippen molar-refractivity contribution in [1.82, 2.24) is 14.5 Å². The average Bonchev–Trinajstić information content (AvgIpc) is 2.94. The molecule has 2 aliphatic heterocycles. The summed E-state index contributed by atoms with van der Waals surface area (Å²) in [7, 11) is 2.25. The zero-order chi connectivity index (χ0) is 19.5.